The van der Waals surface area contributed by atoms with Gasteiger partial charge >= 0.3 is 0 Å². The van der Waals surface area contributed by atoms with Crippen molar-refractivity contribution in [3.8, 4) is 0 Å². The Hall–Kier alpha value is -1.57. The van der Waals surface area contributed by atoms with Crippen molar-refractivity contribution in [3.05, 3.63) is 35.5 Å². The quantitative estimate of drug-likeness (QED) is 0.662. The molecule has 0 aliphatic carbocycles. The normalized spacial score (nSPS) is 10.7. The minimum Gasteiger partial charge on any atom is -0.339 e. The van der Waals surface area contributed by atoms with Crippen LogP contribution in [-0.2, 0) is 6.54 Å². The zero-order valence-electron chi connectivity index (χ0n) is 8.45. The summed E-state index contributed by atoms with van der Waals surface area (Å²) in [4.78, 5) is 10.8. The van der Waals surface area contributed by atoms with Gasteiger partial charge in [-0.3, -0.25) is 4.79 Å². The number of fused-ring (bicyclic) bond motifs is 1. The topological polar surface area (TPSA) is 22.0 Å². The van der Waals surface area contributed by atoms with Crippen molar-refractivity contribution in [1.82, 2.24) is 4.57 Å². The number of hydrogen-bond acceptors (Lipinski definition) is 1. The van der Waals surface area contributed by atoms with E-state index in [0.717, 1.165) is 29.4 Å². The summed E-state index contributed by atoms with van der Waals surface area (Å²) in [5, 5.41) is 1.14. The fraction of sp³-hybridized carbons (Fsp3) is 0.250. The molecule has 1 heterocycles. The second-order valence-corrected chi connectivity index (χ2v) is 3.49. The van der Waals surface area contributed by atoms with Crippen LogP contribution in [0.2, 0.25) is 0 Å². The molecule has 0 unspecified atom stereocenters. The summed E-state index contributed by atoms with van der Waals surface area (Å²) in [7, 11) is 0. The minimum atomic E-state index is 0.758. The first-order valence-corrected chi connectivity index (χ1v) is 4.81. The largest absolute Gasteiger partial charge is 0.339 e. The van der Waals surface area contributed by atoms with E-state index in [2.05, 4.69) is 32.0 Å². The molecular weight excluding hydrogens is 174 g/mol. The van der Waals surface area contributed by atoms with E-state index >= 15 is 0 Å². The molecule has 0 fully saturated rings. The van der Waals surface area contributed by atoms with Crippen molar-refractivity contribution < 1.29 is 4.79 Å². The van der Waals surface area contributed by atoms with Crippen LogP contribution in [0.4, 0.5) is 0 Å². The van der Waals surface area contributed by atoms with Gasteiger partial charge in [-0.15, -0.1) is 0 Å². The first-order valence-electron chi connectivity index (χ1n) is 4.81. The highest BCUT2D eigenvalue weighted by molar-refractivity contribution is 5.89. The fourth-order valence-electron chi connectivity index (χ4n) is 1.84. The third-order valence-electron chi connectivity index (χ3n) is 2.53. The Morgan fingerprint density at radius 1 is 1.36 bits per heavy atom. The number of nitrogens with zero attached hydrogens (tertiary/aromatic N) is 1. The van der Waals surface area contributed by atoms with Crippen molar-refractivity contribution in [3.63, 3.8) is 0 Å². The molecule has 0 N–H and O–H groups in total. The molecule has 0 aliphatic heterocycles. The molecule has 0 saturated carbocycles. The maximum Gasteiger partial charge on any atom is 0.166 e. The molecule has 72 valence electrons. The first-order chi connectivity index (χ1) is 6.76. The number of hydrogen-bond donors (Lipinski definition) is 0. The highest BCUT2D eigenvalue weighted by Crippen LogP contribution is 2.20. The Morgan fingerprint density at radius 2 is 2.14 bits per heavy atom. The van der Waals surface area contributed by atoms with Crippen LogP contribution in [0.15, 0.2) is 24.3 Å². The maximum atomic E-state index is 10.8. The zero-order valence-corrected chi connectivity index (χ0v) is 8.45. The molecule has 2 nitrogen and oxygen atoms in total. The number of carbonyl (C=O) groups is 1. The minimum absolute atomic E-state index is 0.758. The van der Waals surface area contributed by atoms with E-state index < -0.39 is 0 Å². The summed E-state index contributed by atoms with van der Waals surface area (Å²) in [5.74, 6) is 0. The van der Waals surface area contributed by atoms with Gasteiger partial charge in [-0.2, -0.15) is 0 Å². The molecule has 1 aromatic carbocycles. The Morgan fingerprint density at radius 3 is 2.79 bits per heavy atom. The van der Waals surface area contributed by atoms with Gasteiger partial charge in [0.15, 0.2) is 6.29 Å². The summed E-state index contributed by atoms with van der Waals surface area (Å²) < 4.78 is 2.04. The highest BCUT2D eigenvalue weighted by atomic mass is 16.1. The first kappa shape index (κ1) is 9.00. The highest BCUT2D eigenvalue weighted by Gasteiger charge is 2.05. The third kappa shape index (κ3) is 1.23. The monoisotopic (exact) mass is 187 g/mol. The van der Waals surface area contributed by atoms with E-state index in [9.17, 15) is 4.79 Å². The van der Waals surface area contributed by atoms with E-state index in [-0.39, 0.29) is 0 Å². The summed E-state index contributed by atoms with van der Waals surface area (Å²) >= 11 is 0. The summed E-state index contributed by atoms with van der Waals surface area (Å²) in [5.41, 5.74) is 3.13. The molecule has 0 radical (unpaired) electrons. The Labute approximate surface area is 83.2 Å². The van der Waals surface area contributed by atoms with E-state index in [1.165, 1.54) is 5.56 Å². The number of aromatic nitrogens is 1. The second kappa shape index (κ2) is 3.29. The van der Waals surface area contributed by atoms with Gasteiger partial charge in [-0.05, 0) is 31.5 Å². The van der Waals surface area contributed by atoms with Crippen molar-refractivity contribution in [2.45, 2.75) is 20.4 Å². The van der Waals surface area contributed by atoms with Crippen molar-refractivity contribution >= 4 is 17.2 Å². The predicted molar refractivity (Wildman–Crippen MR) is 57.7 cm³/mol. The Kier molecular flexibility index (Phi) is 2.12. The van der Waals surface area contributed by atoms with E-state index in [1.807, 2.05) is 10.6 Å². The van der Waals surface area contributed by atoms with Crippen molar-refractivity contribution in [1.29, 1.82) is 0 Å². The van der Waals surface area contributed by atoms with Gasteiger partial charge in [0.2, 0.25) is 0 Å². The van der Waals surface area contributed by atoms with E-state index in [4.69, 9.17) is 0 Å². The molecule has 2 heteroatoms. The van der Waals surface area contributed by atoms with Gasteiger partial charge in [-0.25, -0.2) is 0 Å². The van der Waals surface area contributed by atoms with Gasteiger partial charge in [0, 0.05) is 17.4 Å². The van der Waals surface area contributed by atoms with Gasteiger partial charge < -0.3 is 4.57 Å². The average molecular weight is 187 g/mol. The number of aldehydes is 1. The van der Waals surface area contributed by atoms with Crippen molar-refractivity contribution in [2.75, 3.05) is 0 Å². The number of carbonyl (C=O) groups excluding carboxylic acids is 1. The number of rotatable bonds is 2. The molecule has 0 amide bonds. The molecule has 2 aromatic rings. The lowest BCUT2D eigenvalue weighted by Crippen LogP contribution is -1.98. The van der Waals surface area contributed by atoms with Crippen LogP contribution in [0.3, 0.4) is 0 Å². The Balaban J connectivity index is 2.81. The van der Waals surface area contributed by atoms with Crippen LogP contribution >= 0.6 is 0 Å². The van der Waals surface area contributed by atoms with Gasteiger partial charge in [-0.1, -0.05) is 12.1 Å². The SMILES string of the molecule is CCn1c(C=O)cc2ccc(C)cc21. The van der Waals surface area contributed by atoms with Gasteiger partial charge in [0.05, 0.1) is 5.69 Å². The number of benzene rings is 1. The number of aryl methyl sites for hydroxylation is 2. The lowest BCUT2D eigenvalue weighted by atomic mass is 10.2. The molecular formula is C12H13NO. The van der Waals surface area contributed by atoms with Crippen molar-refractivity contribution in [2.24, 2.45) is 0 Å². The molecule has 0 spiro atoms. The maximum absolute atomic E-state index is 10.8. The molecule has 14 heavy (non-hydrogen) atoms. The molecule has 0 saturated heterocycles. The van der Waals surface area contributed by atoms with E-state index in [0.29, 0.717) is 0 Å². The molecule has 0 atom stereocenters. The van der Waals surface area contributed by atoms with Crippen LogP contribution in [0, 0.1) is 6.92 Å². The zero-order chi connectivity index (χ0) is 10.1. The lowest BCUT2D eigenvalue weighted by molar-refractivity contribution is 0.111. The summed E-state index contributed by atoms with van der Waals surface area (Å²) in [6.07, 6.45) is 0.916. The van der Waals surface area contributed by atoms with Crippen LogP contribution in [0.1, 0.15) is 23.0 Å². The smallest absolute Gasteiger partial charge is 0.166 e. The van der Waals surface area contributed by atoms with Crippen LogP contribution in [0.25, 0.3) is 10.9 Å². The molecule has 0 bridgehead atoms. The lowest BCUT2D eigenvalue weighted by Gasteiger charge is -2.03. The third-order valence-corrected chi connectivity index (χ3v) is 2.53. The summed E-state index contributed by atoms with van der Waals surface area (Å²) in [6, 6.07) is 8.18. The Bertz CT molecular complexity index is 482. The predicted octanol–water partition coefficient (Wildman–Crippen LogP) is 2.78. The van der Waals surface area contributed by atoms with Gasteiger partial charge in [0.1, 0.15) is 0 Å². The fourth-order valence-corrected chi connectivity index (χ4v) is 1.84. The van der Waals surface area contributed by atoms with Crippen LogP contribution in [0.5, 0.6) is 0 Å². The average Bonchev–Trinajstić information content (AvgIpc) is 2.54. The van der Waals surface area contributed by atoms with E-state index in [1.54, 1.807) is 0 Å². The molecule has 0 aliphatic rings. The van der Waals surface area contributed by atoms with Gasteiger partial charge in [0.25, 0.3) is 0 Å². The molecule has 1 aromatic heterocycles. The second-order valence-electron chi connectivity index (χ2n) is 3.49. The van der Waals surface area contributed by atoms with Crippen LogP contribution < -0.4 is 0 Å². The molecule has 2 rings (SSSR count). The van der Waals surface area contributed by atoms with Crippen LogP contribution in [-0.4, -0.2) is 10.9 Å². The standard InChI is InChI=1S/C12H13NO/c1-3-13-11(8-14)7-10-5-4-9(2)6-12(10)13/h4-8H,3H2,1-2H3. The summed E-state index contributed by atoms with van der Waals surface area (Å²) in [6.45, 7) is 4.95.